The van der Waals surface area contributed by atoms with Crippen LogP contribution in [0.4, 0.5) is 11.4 Å². The van der Waals surface area contributed by atoms with Crippen molar-refractivity contribution in [1.82, 2.24) is 4.90 Å². The fraction of sp³-hybridized carbons (Fsp3) is 0.250. The molecule has 7 nitrogen and oxygen atoms in total. The average molecular weight is 369 g/mol. The molecule has 0 bridgehead atoms. The van der Waals surface area contributed by atoms with Gasteiger partial charge in [0.2, 0.25) is 5.91 Å². The molecule has 0 aliphatic rings. The third kappa shape index (κ3) is 5.07. The lowest BCUT2D eigenvalue weighted by molar-refractivity contribution is -0.114. The van der Waals surface area contributed by atoms with Crippen LogP contribution in [0.2, 0.25) is 0 Å². The number of anilines is 2. The van der Waals surface area contributed by atoms with Crippen molar-refractivity contribution >= 4 is 29.2 Å². The van der Waals surface area contributed by atoms with Crippen molar-refractivity contribution in [1.29, 1.82) is 0 Å². The highest BCUT2D eigenvalue weighted by molar-refractivity contribution is 5.99. The standard InChI is InChI=1S/C20H23N3O4/c1-13-6-5-7-16(18(13)20(26)27-4)21-12-17(24)22-15-10-8-14(9-11-15)19(25)23(2)3/h5-11,21H,12H2,1-4H3,(H,22,24). The molecule has 27 heavy (non-hydrogen) atoms. The van der Waals surface area contributed by atoms with Crippen molar-refractivity contribution in [3.8, 4) is 0 Å². The minimum atomic E-state index is -0.461. The number of amides is 2. The van der Waals surface area contributed by atoms with Crippen LogP contribution in [0.5, 0.6) is 0 Å². The van der Waals surface area contributed by atoms with E-state index in [0.29, 0.717) is 22.5 Å². The van der Waals surface area contributed by atoms with E-state index >= 15 is 0 Å². The predicted molar refractivity (Wildman–Crippen MR) is 104 cm³/mol. The Kier molecular flexibility index (Phi) is 6.54. The summed E-state index contributed by atoms with van der Waals surface area (Å²) in [6.45, 7) is 1.78. The van der Waals surface area contributed by atoms with Crippen LogP contribution in [0, 0.1) is 6.92 Å². The third-order valence-electron chi connectivity index (χ3n) is 3.92. The van der Waals surface area contributed by atoms with Crippen LogP contribution in [0.15, 0.2) is 42.5 Å². The van der Waals surface area contributed by atoms with Crippen LogP contribution >= 0.6 is 0 Å². The van der Waals surface area contributed by atoms with Crippen LogP contribution < -0.4 is 10.6 Å². The van der Waals surface area contributed by atoms with Crippen LogP contribution in [-0.4, -0.2) is 50.4 Å². The van der Waals surface area contributed by atoms with Gasteiger partial charge in [0.05, 0.1) is 19.2 Å². The van der Waals surface area contributed by atoms with Crippen LogP contribution in [0.1, 0.15) is 26.3 Å². The molecule has 0 aliphatic heterocycles. The Morgan fingerprint density at radius 1 is 1.04 bits per heavy atom. The van der Waals surface area contributed by atoms with Gasteiger partial charge in [-0.1, -0.05) is 12.1 Å². The van der Waals surface area contributed by atoms with Gasteiger partial charge < -0.3 is 20.3 Å². The minimum absolute atomic E-state index is 0.0220. The molecule has 2 amide bonds. The Hall–Kier alpha value is -3.35. The van der Waals surface area contributed by atoms with Crippen LogP contribution in [0.3, 0.4) is 0 Å². The van der Waals surface area contributed by atoms with Crippen molar-refractivity contribution in [3.05, 3.63) is 59.2 Å². The highest BCUT2D eigenvalue weighted by Gasteiger charge is 2.15. The summed E-state index contributed by atoms with van der Waals surface area (Å²) in [7, 11) is 4.67. The Morgan fingerprint density at radius 2 is 1.70 bits per heavy atom. The summed E-state index contributed by atoms with van der Waals surface area (Å²) < 4.78 is 4.80. The van der Waals surface area contributed by atoms with Gasteiger partial charge in [0.1, 0.15) is 0 Å². The van der Waals surface area contributed by atoms with E-state index in [1.54, 1.807) is 63.5 Å². The molecule has 0 aliphatic carbocycles. The molecule has 0 heterocycles. The van der Waals surface area contributed by atoms with Gasteiger partial charge >= 0.3 is 5.97 Å². The average Bonchev–Trinajstić information content (AvgIpc) is 2.65. The van der Waals surface area contributed by atoms with Gasteiger partial charge in [-0.2, -0.15) is 0 Å². The largest absolute Gasteiger partial charge is 0.465 e. The van der Waals surface area contributed by atoms with Crippen molar-refractivity contribution < 1.29 is 19.1 Å². The van der Waals surface area contributed by atoms with E-state index in [9.17, 15) is 14.4 Å². The van der Waals surface area contributed by atoms with Crippen molar-refractivity contribution in [3.63, 3.8) is 0 Å². The van der Waals surface area contributed by atoms with E-state index in [4.69, 9.17) is 4.74 Å². The first kappa shape index (κ1) is 20.0. The fourth-order valence-corrected chi connectivity index (χ4v) is 2.52. The summed E-state index contributed by atoms with van der Waals surface area (Å²) in [4.78, 5) is 37.5. The maximum Gasteiger partial charge on any atom is 0.340 e. The number of benzene rings is 2. The molecule has 2 rings (SSSR count). The second-order valence-electron chi connectivity index (χ2n) is 6.17. The molecule has 0 aromatic heterocycles. The van der Waals surface area contributed by atoms with E-state index in [1.807, 2.05) is 0 Å². The number of esters is 1. The highest BCUT2D eigenvalue weighted by atomic mass is 16.5. The highest BCUT2D eigenvalue weighted by Crippen LogP contribution is 2.20. The number of ether oxygens (including phenoxy) is 1. The van der Waals surface area contributed by atoms with E-state index in [2.05, 4.69) is 10.6 Å². The van der Waals surface area contributed by atoms with Gasteiger partial charge in [-0.15, -0.1) is 0 Å². The number of methoxy groups -OCH3 is 1. The molecule has 0 atom stereocenters. The SMILES string of the molecule is COC(=O)c1c(C)cccc1NCC(=O)Nc1ccc(C(=O)N(C)C)cc1. The van der Waals surface area contributed by atoms with Crippen molar-refractivity contribution in [2.75, 3.05) is 38.4 Å². The Morgan fingerprint density at radius 3 is 2.30 bits per heavy atom. The minimum Gasteiger partial charge on any atom is -0.465 e. The first-order valence-electron chi connectivity index (χ1n) is 8.37. The van der Waals surface area contributed by atoms with Gasteiger partial charge in [0, 0.05) is 31.0 Å². The number of aryl methyl sites for hydroxylation is 1. The first-order chi connectivity index (χ1) is 12.8. The van der Waals surface area contributed by atoms with E-state index in [0.717, 1.165) is 5.56 Å². The molecule has 0 saturated carbocycles. The zero-order valence-corrected chi connectivity index (χ0v) is 15.8. The molecule has 2 aromatic rings. The normalized spacial score (nSPS) is 10.1. The van der Waals surface area contributed by atoms with Crippen LogP contribution in [0.25, 0.3) is 0 Å². The maximum atomic E-state index is 12.2. The molecule has 0 unspecified atom stereocenters. The first-order valence-corrected chi connectivity index (χ1v) is 8.37. The molecule has 2 N–H and O–H groups in total. The third-order valence-corrected chi connectivity index (χ3v) is 3.92. The molecule has 0 saturated heterocycles. The van der Waals surface area contributed by atoms with Gasteiger partial charge in [-0.05, 0) is 42.8 Å². The summed E-state index contributed by atoms with van der Waals surface area (Å²) in [5.74, 6) is -0.847. The van der Waals surface area contributed by atoms with Crippen molar-refractivity contribution in [2.45, 2.75) is 6.92 Å². The Balaban J connectivity index is 2.00. The topological polar surface area (TPSA) is 87.7 Å². The Bertz CT molecular complexity index is 845. The zero-order chi connectivity index (χ0) is 20.0. The lowest BCUT2D eigenvalue weighted by Crippen LogP contribution is -2.23. The number of nitrogens with one attached hydrogen (secondary N) is 2. The van der Waals surface area contributed by atoms with Gasteiger partial charge in [0.15, 0.2) is 0 Å². The Labute approximate surface area is 158 Å². The number of nitrogens with zero attached hydrogens (tertiary/aromatic N) is 1. The summed E-state index contributed by atoms with van der Waals surface area (Å²) in [5.41, 5.74) is 2.81. The maximum absolute atomic E-state index is 12.2. The lowest BCUT2D eigenvalue weighted by atomic mass is 10.1. The summed E-state index contributed by atoms with van der Waals surface area (Å²) in [5, 5.41) is 5.70. The van der Waals surface area contributed by atoms with Crippen LogP contribution in [-0.2, 0) is 9.53 Å². The fourth-order valence-electron chi connectivity index (χ4n) is 2.52. The number of rotatable bonds is 6. The predicted octanol–water partition coefficient (Wildman–Crippen LogP) is 2.53. The number of hydrogen-bond acceptors (Lipinski definition) is 5. The van der Waals surface area contributed by atoms with E-state index in [1.165, 1.54) is 12.0 Å². The molecular formula is C20H23N3O4. The number of carbonyl (C=O) groups is 3. The smallest absolute Gasteiger partial charge is 0.340 e. The second kappa shape index (κ2) is 8.84. The summed E-state index contributed by atoms with van der Waals surface area (Å²) in [6.07, 6.45) is 0. The quantitative estimate of drug-likeness (QED) is 0.764. The van der Waals surface area contributed by atoms with Gasteiger partial charge in [0.25, 0.3) is 5.91 Å². The zero-order valence-electron chi connectivity index (χ0n) is 15.8. The molecule has 0 fully saturated rings. The monoisotopic (exact) mass is 369 g/mol. The number of carbonyl (C=O) groups excluding carboxylic acids is 3. The molecule has 142 valence electrons. The summed E-state index contributed by atoms with van der Waals surface area (Å²) in [6, 6.07) is 12.0. The molecule has 7 heteroatoms. The van der Waals surface area contributed by atoms with Gasteiger partial charge in [-0.3, -0.25) is 9.59 Å². The van der Waals surface area contributed by atoms with E-state index < -0.39 is 5.97 Å². The molecule has 2 aromatic carbocycles. The molecule has 0 radical (unpaired) electrons. The lowest BCUT2D eigenvalue weighted by Gasteiger charge is -2.13. The molecule has 0 spiro atoms. The number of hydrogen-bond donors (Lipinski definition) is 2. The van der Waals surface area contributed by atoms with E-state index in [-0.39, 0.29) is 18.4 Å². The van der Waals surface area contributed by atoms with Crippen molar-refractivity contribution in [2.24, 2.45) is 0 Å². The summed E-state index contributed by atoms with van der Waals surface area (Å²) >= 11 is 0. The second-order valence-corrected chi connectivity index (χ2v) is 6.17. The van der Waals surface area contributed by atoms with Gasteiger partial charge in [-0.25, -0.2) is 4.79 Å². The molecular weight excluding hydrogens is 346 g/mol.